The van der Waals surface area contributed by atoms with Crippen molar-refractivity contribution in [2.24, 2.45) is 5.92 Å². The molecule has 6 heteroatoms. The molecule has 0 aromatic heterocycles. The third kappa shape index (κ3) is 3.91. The van der Waals surface area contributed by atoms with Gasteiger partial charge in [-0.2, -0.15) is 0 Å². The highest BCUT2D eigenvalue weighted by Crippen LogP contribution is 2.18. The number of amides is 1. The maximum absolute atomic E-state index is 13.5. The molecule has 2 rings (SSSR count). The van der Waals surface area contributed by atoms with E-state index < -0.39 is 5.82 Å². The number of hydrogen-bond acceptors (Lipinski definition) is 4. The summed E-state index contributed by atoms with van der Waals surface area (Å²) in [5, 5.41) is 11.6. The van der Waals surface area contributed by atoms with Crippen molar-refractivity contribution in [1.29, 1.82) is 0 Å². The SMILES string of the molecule is Nc1ccc(F)c(NC(=O)CN2CCC(CO)CC2)c1. The van der Waals surface area contributed by atoms with Gasteiger partial charge in [-0.25, -0.2) is 4.39 Å². The van der Waals surface area contributed by atoms with Crippen molar-refractivity contribution in [2.75, 3.05) is 37.3 Å². The highest BCUT2D eigenvalue weighted by molar-refractivity contribution is 5.92. The van der Waals surface area contributed by atoms with E-state index in [1.165, 1.54) is 18.2 Å². The zero-order valence-corrected chi connectivity index (χ0v) is 11.3. The Kier molecular flexibility index (Phi) is 4.92. The van der Waals surface area contributed by atoms with E-state index in [2.05, 4.69) is 5.32 Å². The van der Waals surface area contributed by atoms with Crippen LogP contribution in [0.5, 0.6) is 0 Å². The Morgan fingerprint density at radius 1 is 1.45 bits per heavy atom. The van der Waals surface area contributed by atoms with Crippen LogP contribution in [0.25, 0.3) is 0 Å². The van der Waals surface area contributed by atoms with E-state index in [0.29, 0.717) is 11.6 Å². The number of likely N-dealkylation sites (tertiary alicyclic amines) is 1. The average Bonchev–Trinajstić information content (AvgIpc) is 2.43. The highest BCUT2D eigenvalue weighted by Gasteiger charge is 2.20. The molecule has 4 N–H and O–H groups in total. The van der Waals surface area contributed by atoms with E-state index in [-0.39, 0.29) is 24.7 Å². The number of aliphatic hydroxyl groups is 1. The van der Waals surface area contributed by atoms with Gasteiger partial charge in [0.25, 0.3) is 0 Å². The standard InChI is InChI=1S/C14H20FN3O2/c15-12-2-1-11(16)7-13(12)17-14(20)8-18-5-3-10(9-19)4-6-18/h1-2,7,10,19H,3-6,8-9,16H2,(H,17,20). The first-order valence-corrected chi connectivity index (χ1v) is 6.76. The summed E-state index contributed by atoms with van der Waals surface area (Å²) in [6.07, 6.45) is 1.77. The van der Waals surface area contributed by atoms with Crippen molar-refractivity contribution >= 4 is 17.3 Å². The first kappa shape index (κ1) is 14.7. The number of piperidine rings is 1. The smallest absolute Gasteiger partial charge is 0.238 e. The second-order valence-corrected chi connectivity index (χ2v) is 5.19. The summed E-state index contributed by atoms with van der Waals surface area (Å²) in [7, 11) is 0. The molecular weight excluding hydrogens is 261 g/mol. The molecule has 1 amide bonds. The minimum Gasteiger partial charge on any atom is -0.399 e. The molecule has 5 nitrogen and oxygen atoms in total. The van der Waals surface area contributed by atoms with Gasteiger partial charge in [-0.15, -0.1) is 0 Å². The van der Waals surface area contributed by atoms with Crippen LogP contribution in [0.3, 0.4) is 0 Å². The van der Waals surface area contributed by atoms with E-state index in [9.17, 15) is 9.18 Å². The molecule has 0 atom stereocenters. The highest BCUT2D eigenvalue weighted by atomic mass is 19.1. The summed E-state index contributed by atoms with van der Waals surface area (Å²) >= 11 is 0. The van der Waals surface area contributed by atoms with Crippen LogP contribution in [0.15, 0.2) is 18.2 Å². The molecule has 0 spiro atoms. The van der Waals surface area contributed by atoms with Crippen molar-refractivity contribution in [2.45, 2.75) is 12.8 Å². The van der Waals surface area contributed by atoms with Crippen LogP contribution in [0.4, 0.5) is 15.8 Å². The lowest BCUT2D eigenvalue weighted by atomic mass is 9.98. The van der Waals surface area contributed by atoms with Gasteiger partial charge in [0, 0.05) is 12.3 Å². The number of benzene rings is 1. The molecule has 0 bridgehead atoms. The molecule has 1 aliphatic heterocycles. The number of nitrogen functional groups attached to an aromatic ring is 1. The number of hydrogen-bond donors (Lipinski definition) is 3. The maximum Gasteiger partial charge on any atom is 0.238 e. The lowest BCUT2D eigenvalue weighted by molar-refractivity contribution is -0.117. The minimum atomic E-state index is -0.494. The molecule has 1 saturated heterocycles. The summed E-state index contributed by atoms with van der Waals surface area (Å²) in [5.41, 5.74) is 6.09. The quantitative estimate of drug-likeness (QED) is 0.721. The van der Waals surface area contributed by atoms with Gasteiger partial charge in [-0.3, -0.25) is 9.69 Å². The number of aliphatic hydroxyl groups excluding tert-OH is 1. The van der Waals surface area contributed by atoms with E-state index in [1.54, 1.807) is 0 Å². The number of carbonyl (C=O) groups is 1. The number of rotatable bonds is 4. The first-order valence-electron chi connectivity index (χ1n) is 6.76. The Bertz CT molecular complexity index is 473. The number of nitrogens with two attached hydrogens (primary N) is 1. The predicted octanol–water partition coefficient (Wildman–Crippen LogP) is 1.05. The summed E-state index contributed by atoms with van der Waals surface area (Å²) in [6, 6.07) is 4.09. The second kappa shape index (κ2) is 6.67. The van der Waals surface area contributed by atoms with Crippen molar-refractivity contribution in [3.63, 3.8) is 0 Å². The lowest BCUT2D eigenvalue weighted by Crippen LogP contribution is -2.39. The summed E-state index contributed by atoms with van der Waals surface area (Å²) < 4.78 is 13.5. The lowest BCUT2D eigenvalue weighted by Gasteiger charge is -2.30. The Morgan fingerprint density at radius 2 is 2.15 bits per heavy atom. The fourth-order valence-corrected chi connectivity index (χ4v) is 2.36. The van der Waals surface area contributed by atoms with Crippen LogP contribution < -0.4 is 11.1 Å². The van der Waals surface area contributed by atoms with Gasteiger partial charge in [0.2, 0.25) is 5.91 Å². The molecule has 1 aromatic carbocycles. The predicted molar refractivity (Wildman–Crippen MR) is 75.7 cm³/mol. The van der Waals surface area contributed by atoms with Crippen molar-refractivity contribution < 1.29 is 14.3 Å². The van der Waals surface area contributed by atoms with Crippen LogP contribution in [0.2, 0.25) is 0 Å². The zero-order chi connectivity index (χ0) is 14.5. The van der Waals surface area contributed by atoms with Crippen LogP contribution in [0.1, 0.15) is 12.8 Å². The number of nitrogens with zero attached hydrogens (tertiary/aromatic N) is 1. The average molecular weight is 281 g/mol. The normalized spacial score (nSPS) is 17.1. The van der Waals surface area contributed by atoms with E-state index in [1.807, 2.05) is 4.90 Å². The van der Waals surface area contributed by atoms with E-state index >= 15 is 0 Å². The summed E-state index contributed by atoms with van der Waals surface area (Å²) in [4.78, 5) is 13.9. The molecular formula is C14H20FN3O2. The summed E-state index contributed by atoms with van der Waals surface area (Å²) in [6.45, 7) is 1.98. The van der Waals surface area contributed by atoms with E-state index in [4.69, 9.17) is 10.8 Å². The van der Waals surface area contributed by atoms with Crippen LogP contribution in [-0.2, 0) is 4.79 Å². The van der Waals surface area contributed by atoms with Gasteiger partial charge >= 0.3 is 0 Å². The van der Waals surface area contributed by atoms with Gasteiger partial charge in [-0.05, 0) is 50.0 Å². The van der Waals surface area contributed by atoms with Gasteiger partial charge in [0.05, 0.1) is 12.2 Å². The molecule has 0 saturated carbocycles. The van der Waals surface area contributed by atoms with Crippen LogP contribution in [0, 0.1) is 11.7 Å². The van der Waals surface area contributed by atoms with Crippen LogP contribution in [-0.4, -0.2) is 42.2 Å². The Morgan fingerprint density at radius 3 is 2.80 bits per heavy atom. The van der Waals surface area contributed by atoms with Crippen LogP contribution >= 0.6 is 0 Å². The zero-order valence-electron chi connectivity index (χ0n) is 11.3. The molecule has 110 valence electrons. The third-order valence-corrected chi connectivity index (χ3v) is 3.60. The Hall–Kier alpha value is -1.66. The van der Waals surface area contributed by atoms with E-state index in [0.717, 1.165) is 25.9 Å². The fourth-order valence-electron chi connectivity index (χ4n) is 2.36. The molecule has 0 unspecified atom stereocenters. The molecule has 1 heterocycles. The summed E-state index contributed by atoms with van der Waals surface area (Å²) in [5.74, 6) is -0.413. The molecule has 0 aliphatic carbocycles. The number of anilines is 2. The maximum atomic E-state index is 13.5. The number of carbonyl (C=O) groups excluding carboxylic acids is 1. The number of halogens is 1. The monoisotopic (exact) mass is 281 g/mol. The Balaban J connectivity index is 1.85. The molecule has 1 fully saturated rings. The largest absolute Gasteiger partial charge is 0.399 e. The second-order valence-electron chi connectivity index (χ2n) is 5.19. The third-order valence-electron chi connectivity index (χ3n) is 3.60. The van der Waals surface area contributed by atoms with Crippen molar-refractivity contribution in [1.82, 2.24) is 4.90 Å². The first-order chi connectivity index (χ1) is 9.58. The molecule has 20 heavy (non-hydrogen) atoms. The minimum absolute atomic E-state index is 0.111. The van der Waals surface area contributed by atoms with Gasteiger partial charge in [-0.1, -0.05) is 0 Å². The van der Waals surface area contributed by atoms with Crippen molar-refractivity contribution in [3.05, 3.63) is 24.0 Å². The molecule has 1 aliphatic rings. The number of nitrogens with one attached hydrogen (secondary N) is 1. The van der Waals surface area contributed by atoms with Gasteiger partial charge in [0.15, 0.2) is 0 Å². The van der Waals surface area contributed by atoms with Gasteiger partial charge in [0.1, 0.15) is 5.82 Å². The molecule has 0 radical (unpaired) electrons. The fraction of sp³-hybridized carbons (Fsp3) is 0.500. The van der Waals surface area contributed by atoms with Crippen molar-refractivity contribution in [3.8, 4) is 0 Å². The Labute approximate surface area is 117 Å². The van der Waals surface area contributed by atoms with Gasteiger partial charge < -0.3 is 16.2 Å². The topological polar surface area (TPSA) is 78.6 Å². The molecule has 1 aromatic rings.